The van der Waals surface area contributed by atoms with Gasteiger partial charge in [0.25, 0.3) is 0 Å². The Morgan fingerprint density at radius 1 is 1.34 bits per heavy atom. The average molecular weight is 453 g/mol. The molecule has 1 saturated heterocycles. The van der Waals surface area contributed by atoms with Crippen molar-refractivity contribution in [3.05, 3.63) is 40.9 Å². The Kier molecular flexibility index (Phi) is 8.18. The molecule has 0 aliphatic carbocycles. The Hall–Kier alpha value is -1.09. The summed E-state index contributed by atoms with van der Waals surface area (Å²) in [5.74, 6) is 0.144. The van der Waals surface area contributed by atoms with Gasteiger partial charge in [-0.1, -0.05) is 24.3 Å². The summed E-state index contributed by atoms with van der Waals surface area (Å²) < 4.78 is 61.1. The molecule has 1 aromatic rings. The highest BCUT2D eigenvalue weighted by Crippen LogP contribution is 2.43. The van der Waals surface area contributed by atoms with Gasteiger partial charge in [0.15, 0.2) is 0 Å². The van der Waals surface area contributed by atoms with Crippen LogP contribution in [0.1, 0.15) is 50.8 Å². The quantitative estimate of drug-likeness (QED) is 0.571. The second kappa shape index (κ2) is 9.81. The third kappa shape index (κ3) is 6.44. The van der Waals surface area contributed by atoms with Crippen molar-refractivity contribution >= 4 is 22.6 Å². The lowest BCUT2D eigenvalue weighted by Gasteiger charge is -2.34. The molecule has 1 heterocycles. The van der Waals surface area contributed by atoms with E-state index < -0.39 is 38.5 Å². The monoisotopic (exact) mass is 452 g/mol. The van der Waals surface area contributed by atoms with E-state index in [2.05, 4.69) is 16.6 Å². The zero-order valence-corrected chi connectivity index (χ0v) is 18.4. The minimum Gasteiger partial charge on any atom is -0.489 e. The van der Waals surface area contributed by atoms with Gasteiger partial charge in [-0.3, -0.25) is 0 Å². The van der Waals surface area contributed by atoms with Crippen molar-refractivity contribution in [1.29, 1.82) is 0 Å². The van der Waals surface area contributed by atoms with E-state index in [1.54, 1.807) is 0 Å². The van der Waals surface area contributed by atoms with Crippen LogP contribution in [0.25, 0.3) is 0 Å². The summed E-state index contributed by atoms with van der Waals surface area (Å²) in [4.78, 5) is 0. The number of halogens is 4. The largest absolute Gasteiger partial charge is 0.489 e. The van der Waals surface area contributed by atoms with Crippen LogP contribution in [0.2, 0.25) is 5.02 Å². The van der Waals surface area contributed by atoms with Gasteiger partial charge >= 0.3 is 6.18 Å². The molecule has 2 N–H and O–H groups in total. The number of rotatable bonds is 7. The molecule has 9 heteroatoms. The van der Waals surface area contributed by atoms with E-state index in [-0.39, 0.29) is 18.3 Å². The number of nitrogens with one attached hydrogen (secondary N) is 2. The SMILES string of the molecule is C=CCOc1cc(C(F)(F)F)c(Cl)cc1C(NS(=O)C(C)(C)C)C1CCNCC1. The Bertz CT molecular complexity index is 744. The van der Waals surface area contributed by atoms with Crippen LogP contribution < -0.4 is 14.8 Å². The third-order valence-corrected chi connectivity index (χ3v) is 6.64. The molecular formula is C20H28ClF3N2O2S. The molecule has 1 aromatic carbocycles. The maximum absolute atomic E-state index is 13.4. The van der Waals surface area contributed by atoms with Crippen molar-refractivity contribution in [2.75, 3.05) is 19.7 Å². The lowest BCUT2D eigenvalue weighted by Crippen LogP contribution is -2.41. The maximum Gasteiger partial charge on any atom is 0.417 e. The number of alkyl halides is 3. The maximum atomic E-state index is 13.4. The standard InChI is InChI=1S/C20H28ClF3N2O2S/c1-5-10-28-17-12-15(20(22,23)24)16(21)11-14(17)18(13-6-8-25-9-7-13)26-29(27)19(2,3)4/h5,11-13,18,25-26H,1,6-10H2,2-4H3. The average Bonchev–Trinajstić information content (AvgIpc) is 2.63. The third-order valence-electron chi connectivity index (χ3n) is 4.74. The molecule has 1 fully saturated rings. The van der Waals surface area contributed by atoms with Crippen LogP contribution in [0, 0.1) is 5.92 Å². The van der Waals surface area contributed by atoms with Crippen molar-refractivity contribution < 1.29 is 22.1 Å². The predicted molar refractivity (Wildman–Crippen MR) is 112 cm³/mol. The fourth-order valence-electron chi connectivity index (χ4n) is 3.19. The number of benzene rings is 1. The molecule has 29 heavy (non-hydrogen) atoms. The first-order valence-corrected chi connectivity index (χ1v) is 11.0. The fourth-order valence-corrected chi connectivity index (χ4v) is 4.37. The van der Waals surface area contributed by atoms with Crippen LogP contribution in [-0.2, 0) is 17.2 Å². The highest BCUT2D eigenvalue weighted by molar-refractivity contribution is 7.84. The molecule has 0 saturated carbocycles. The van der Waals surface area contributed by atoms with Gasteiger partial charge in [0.05, 0.1) is 32.4 Å². The van der Waals surface area contributed by atoms with Crippen LogP contribution >= 0.6 is 11.6 Å². The van der Waals surface area contributed by atoms with Gasteiger partial charge in [-0.15, -0.1) is 0 Å². The molecule has 2 rings (SSSR count). The van der Waals surface area contributed by atoms with Gasteiger partial charge < -0.3 is 10.1 Å². The molecule has 0 aromatic heterocycles. The van der Waals surface area contributed by atoms with Crippen LogP contribution in [-0.4, -0.2) is 28.7 Å². The first kappa shape index (κ1) is 24.2. The summed E-state index contributed by atoms with van der Waals surface area (Å²) in [6, 6.07) is 1.76. The van der Waals surface area contributed by atoms with E-state index >= 15 is 0 Å². The molecular weight excluding hydrogens is 425 g/mol. The van der Waals surface area contributed by atoms with Crippen molar-refractivity contribution in [1.82, 2.24) is 10.0 Å². The minimum atomic E-state index is -4.60. The van der Waals surface area contributed by atoms with E-state index in [1.807, 2.05) is 20.8 Å². The van der Waals surface area contributed by atoms with Crippen molar-refractivity contribution in [3.63, 3.8) is 0 Å². The number of piperidine rings is 1. The van der Waals surface area contributed by atoms with Crippen molar-refractivity contribution in [2.24, 2.45) is 5.92 Å². The highest BCUT2D eigenvalue weighted by Gasteiger charge is 2.37. The normalized spacial score (nSPS) is 18.3. The summed E-state index contributed by atoms with van der Waals surface area (Å²) in [7, 11) is -1.42. The molecule has 0 spiro atoms. The van der Waals surface area contributed by atoms with Crippen LogP contribution in [0.3, 0.4) is 0 Å². The van der Waals surface area contributed by atoms with Gasteiger partial charge in [-0.25, -0.2) is 8.93 Å². The zero-order valence-electron chi connectivity index (χ0n) is 16.9. The second-order valence-corrected chi connectivity index (χ2v) is 10.4. The molecule has 0 radical (unpaired) electrons. The number of hydrogen-bond acceptors (Lipinski definition) is 3. The van der Waals surface area contributed by atoms with E-state index in [9.17, 15) is 17.4 Å². The molecule has 2 atom stereocenters. The lowest BCUT2D eigenvalue weighted by molar-refractivity contribution is -0.137. The summed E-state index contributed by atoms with van der Waals surface area (Å²) in [6.07, 6.45) is -1.56. The van der Waals surface area contributed by atoms with Gasteiger partial charge in [0.2, 0.25) is 0 Å². The lowest BCUT2D eigenvalue weighted by atomic mass is 9.86. The van der Waals surface area contributed by atoms with E-state index in [1.165, 1.54) is 12.1 Å². The molecule has 164 valence electrons. The van der Waals surface area contributed by atoms with E-state index in [4.69, 9.17) is 16.3 Å². The van der Waals surface area contributed by atoms with Gasteiger partial charge in [-0.05, 0) is 64.8 Å². The Morgan fingerprint density at radius 2 is 1.97 bits per heavy atom. The summed E-state index contributed by atoms with van der Waals surface area (Å²) in [5, 5.41) is 2.87. The second-order valence-electron chi connectivity index (χ2n) is 8.03. The molecule has 0 amide bonds. The molecule has 4 nitrogen and oxygen atoms in total. The Balaban J connectivity index is 2.55. The van der Waals surface area contributed by atoms with Crippen LogP contribution in [0.4, 0.5) is 13.2 Å². The Morgan fingerprint density at radius 3 is 2.48 bits per heavy atom. The zero-order chi connectivity index (χ0) is 21.8. The number of ether oxygens (including phenoxy) is 1. The smallest absolute Gasteiger partial charge is 0.417 e. The highest BCUT2D eigenvalue weighted by atomic mass is 35.5. The predicted octanol–water partition coefficient (Wildman–Crippen LogP) is 5.02. The molecule has 1 aliphatic rings. The topological polar surface area (TPSA) is 50.4 Å². The number of hydrogen-bond donors (Lipinski definition) is 2. The van der Waals surface area contributed by atoms with Crippen LogP contribution in [0.15, 0.2) is 24.8 Å². The molecule has 2 unspecified atom stereocenters. The van der Waals surface area contributed by atoms with Crippen molar-refractivity contribution in [2.45, 2.75) is 50.6 Å². The summed E-state index contributed by atoms with van der Waals surface area (Å²) in [6.45, 7) is 10.7. The van der Waals surface area contributed by atoms with Gasteiger partial charge in [0.1, 0.15) is 12.4 Å². The first-order valence-electron chi connectivity index (χ1n) is 9.48. The summed E-state index contributed by atoms with van der Waals surface area (Å²) >= 11 is 6.02. The first-order chi connectivity index (χ1) is 13.4. The fraction of sp³-hybridized carbons (Fsp3) is 0.600. The van der Waals surface area contributed by atoms with Crippen molar-refractivity contribution in [3.8, 4) is 5.75 Å². The minimum absolute atomic E-state index is 0.0488. The van der Waals surface area contributed by atoms with E-state index in [0.29, 0.717) is 5.56 Å². The van der Waals surface area contributed by atoms with Crippen LogP contribution in [0.5, 0.6) is 5.75 Å². The summed E-state index contributed by atoms with van der Waals surface area (Å²) in [5.41, 5.74) is -0.475. The van der Waals surface area contributed by atoms with Gasteiger partial charge in [-0.2, -0.15) is 13.2 Å². The molecule has 0 bridgehead atoms. The van der Waals surface area contributed by atoms with Gasteiger partial charge in [0, 0.05) is 5.56 Å². The molecule has 1 aliphatic heterocycles. The Labute approximate surface area is 177 Å². The van der Waals surface area contributed by atoms with E-state index in [0.717, 1.165) is 32.0 Å².